The third-order valence-corrected chi connectivity index (χ3v) is 5.69. The predicted molar refractivity (Wildman–Crippen MR) is 114 cm³/mol. The first-order valence-corrected chi connectivity index (χ1v) is 9.67. The Morgan fingerprint density at radius 2 is 2.00 bits per heavy atom. The van der Waals surface area contributed by atoms with E-state index in [0.717, 1.165) is 21.3 Å². The molecule has 0 spiro atoms. The fourth-order valence-electron chi connectivity index (χ4n) is 3.01. The summed E-state index contributed by atoms with van der Waals surface area (Å²) in [4.78, 5) is 47.9. The van der Waals surface area contributed by atoms with Gasteiger partial charge in [-0.05, 0) is 36.9 Å². The number of nitrogens with zero attached hydrogens (tertiary/aromatic N) is 2. The van der Waals surface area contributed by atoms with Gasteiger partial charge in [0.2, 0.25) is 5.91 Å². The maximum absolute atomic E-state index is 12.3. The zero-order valence-electron chi connectivity index (χ0n) is 15.7. The first-order chi connectivity index (χ1) is 13.9. The highest BCUT2D eigenvalue weighted by Gasteiger charge is 2.13. The van der Waals surface area contributed by atoms with Crippen LogP contribution >= 0.6 is 11.3 Å². The number of aromatic nitrogens is 3. The summed E-state index contributed by atoms with van der Waals surface area (Å²) in [5, 5.41) is 5.26. The third-order valence-electron chi connectivity index (χ3n) is 4.59. The van der Waals surface area contributed by atoms with Crippen LogP contribution in [0.3, 0.4) is 0 Å². The van der Waals surface area contributed by atoms with E-state index in [0.29, 0.717) is 15.8 Å². The van der Waals surface area contributed by atoms with Gasteiger partial charge in [-0.2, -0.15) is 5.10 Å². The monoisotopic (exact) mass is 407 g/mol. The van der Waals surface area contributed by atoms with Gasteiger partial charge in [-0.3, -0.25) is 14.4 Å². The highest BCUT2D eigenvalue weighted by atomic mass is 32.1. The number of pyridine rings is 1. The predicted octanol–water partition coefficient (Wildman–Crippen LogP) is 2.14. The van der Waals surface area contributed by atoms with Crippen LogP contribution in [0.1, 0.15) is 21.8 Å². The molecule has 0 radical (unpaired) electrons. The Labute approximate surface area is 168 Å². The van der Waals surface area contributed by atoms with E-state index in [1.807, 2.05) is 32.0 Å². The van der Waals surface area contributed by atoms with Crippen LogP contribution < -0.4 is 16.5 Å². The number of carbonyl (C=O) groups excluding carboxylic acids is 1. The maximum Gasteiger partial charge on any atom is 0.259 e. The summed E-state index contributed by atoms with van der Waals surface area (Å²) in [7, 11) is 0. The molecule has 4 rings (SSSR count). The molecular formula is C20H17N5O3S. The molecule has 0 aliphatic heterocycles. The van der Waals surface area contributed by atoms with E-state index in [4.69, 9.17) is 0 Å². The second kappa shape index (κ2) is 7.44. The Kier molecular flexibility index (Phi) is 4.81. The van der Waals surface area contributed by atoms with Gasteiger partial charge >= 0.3 is 0 Å². The first kappa shape index (κ1) is 18.8. The number of aromatic amines is 2. The SMILES string of the molecule is Cc1sc2nc(CC(=O)N/N=C/c3cc4ccccc4[nH]c3=O)[nH]c(=O)c2c1C. The van der Waals surface area contributed by atoms with E-state index in [9.17, 15) is 14.4 Å². The molecule has 0 atom stereocenters. The zero-order valence-corrected chi connectivity index (χ0v) is 16.5. The summed E-state index contributed by atoms with van der Waals surface area (Å²) in [5.41, 5.74) is 3.74. The van der Waals surface area contributed by atoms with Gasteiger partial charge in [-0.1, -0.05) is 18.2 Å². The maximum atomic E-state index is 12.3. The van der Waals surface area contributed by atoms with Crippen LogP contribution in [-0.4, -0.2) is 27.1 Å². The van der Waals surface area contributed by atoms with Crippen molar-refractivity contribution in [3.8, 4) is 0 Å². The molecular weight excluding hydrogens is 390 g/mol. The van der Waals surface area contributed by atoms with Crippen molar-refractivity contribution in [2.75, 3.05) is 0 Å². The number of amides is 1. The Morgan fingerprint density at radius 1 is 1.21 bits per heavy atom. The van der Waals surface area contributed by atoms with E-state index in [2.05, 4.69) is 25.5 Å². The number of hydrazone groups is 1. The largest absolute Gasteiger partial charge is 0.321 e. The molecule has 3 heterocycles. The molecule has 9 heteroatoms. The van der Waals surface area contributed by atoms with Crippen molar-refractivity contribution in [3.05, 3.63) is 72.9 Å². The molecule has 0 bridgehead atoms. The Balaban J connectivity index is 1.49. The molecule has 0 unspecified atom stereocenters. The molecule has 3 aromatic heterocycles. The topological polar surface area (TPSA) is 120 Å². The van der Waals surface area contributed by atoms with Crippen molar-refractivity contribution < 1.29 is 4.79 Å². The highest BCUT2D eigenvalue weighted by Crippen LogP contribution is 2.25. The number of fused-ring (bicyclic) bond motifs is 2. The molecule has 1 aromatic carbocycles. The fraction of sp³-hybridized carbons (Fsp3) is 0.150. The van der Waals surface area contributed by atoms with Crippen molar-refractivity contribution >= 4 is 44.6 Å². The summed E-state index contributed by atoms with van der Waals surface area (Å²) >= 11 is 1.42. The zero-order chi connectivity index (χ0) is 20.5. The molecule has 3 N–H and O–H groups in total. The van der Waals surface area contributed by atoms with Crippen molar-refractivity contribution in [1.82, 2.24) is 20.4 Å². The number of benzene rings is 1. The van der Waals surface area contributed by atoms with Gasteiger partial charge < -0.3 is 9.97 Å². The summed E-state index contributed by atoms with van der Waals surface area (Å²) in [5.74, 6) is -0.189. The average molecular weight is 407 g/mol. The normalized spacial score (nSPS) is 11.5. The second-order valence-corrected chi connectivity index (χ2v) is 7.79. The van der Waals surface area contributed by atoms with Crippen molar-refractivity contribution in [2.45, 2.75) is 20.3 Å². The van der Waals surface area contributed by atoms with E-state index in [1.165, 1.54) is 17.6 Å². The number of hydrogen-bond donors (Lipinski definition) is 3. The lowest BCUT2D eigenvalue weighted by atomic mass is 10.2. The number of carbonyl (C=O) groups is 1. The van der Waals surface area contributed by atoms with Crippen molar-refractivity contribution in [3.63, 3.8) is 0 Å². The van der Waals surface area contributed by atoms with Crippen LogP contribution in [0.5, 0.6) is 0 Å². The Morgan fingerprint density at radius 3 is 2.83 bits per heavy atom. The standard InChI is InChI=1S/C20H17N5O3S/c1-10-11(2)29-20-17(10)19(28)23-15(24-20)8-16(26)25-21-9-13-7-12-5-3-4-6-14(12)22-18(13)27/h3-7,9H,8H2,1-2H3,(H,22,27)(H,25,26)(H,23,24,28)/b21-9+. The smallest absolute Gasteiger partial charge is 0.259 e. The van der Waals surface area contributed by atoms with Gasteiger partial charge in [-0.15, -0.1) is 11.3 Å². The third kappa shape index (κ3) is 3.72. The van der Waals surface area contributed by atoms with Gasteiger partial charge in [0.05, 0.1) is 23.6 Å². The van der Waals surface area contributed by atoms with Crippen LogP contribution in [0.2, 0.25) is 0 Å². The first-order valence-electron chi connectivity index (χ1n) is 8.85. The second-order valence-electron chi connectivity index (χ2n) is 6.59. The summed E-state index contributed by atoms with van der Waals surface area (Å²) in [6, 6.07) is 9.07. The molecule has 0 saturated heterocycles. The van der Waals surface area contributed by atoms with Gasteiger partial charge in [-0.25, -0.2) is 10.4 Å². The van der Waals surface area contributed by atoms with Gasteiger partial charge in [0.25, 0.3) is 11.1 Å². The van der Waals surface area contributed by atoms with Crippen molar-refractivity contribution in [2.24, 2.45) is 5.10 Å². The average Bonchev–Trinajstić information content (AvgIpc) is 2.96. The number of aryl methyl sites for hydroxylation is 2. The lowest BCUT2D eigenvalue weighted by Crippen LogP contribution is -2.23. The minimum atomic E-state index is -0.453. The number of H-pyrrole nitrogens is 2. The number of hydrogen-bond acceptors (Lipinski definition) is 6. The molecule has 0 aliphatic rings. The van der Waals surface area contributed by atoms with E-state index in [-0.39, 0.29) is 23.4 Å². The lowest BCUT2D eigenvalue weighted by Gasteiger charge is -2.01. The molecule has 0 aliphatic carbocycles. The van der Waals surface area contributed by atoms with Crippen LogP contribution in [-0.2, 0) is 11.2 Å². The van der Waals surface area contributed by atoms with Crippen molar-refractivity contribution in [1.29, 1.82) is 0 Å². The summed E-state index contributed by atoms with van der Waals surface area (Å²) in [6.45, 7) is 3.80. The molecule has 29 heavy (non-hydrogen) atoms. The highest BCUT2D eigenvalue weighted by molar-refractivity contribution is 7.18. The lowest BCUT2D eigenvalue weighted by molar-refractivity contribution is -0.120. The molecule has 4 aromatic rings. The minimum absolute atomic E-state index is 0.132. The minimum Gasteiger partial charge on any atom is -0.321 e. The van der Waals surface area contributed by atoms with E-state index < -0.39 is 5.91 Å². The van der Waals surface area contributed by atoms with Crippen LogP contribution in [0.25, 0.3) is 21.1 Å². The number of rotatable bonds is 4. The summed E-state index contributed by atoms with van der Waals surface area (Å²) < 4.78 is 0. The van der Waals surface area contributed by atoms with Crippen LogP contribution in [0.15, 0.2) is 45.0 Å². The number of nitrogens with one attached hydrogen (secondary N) is 3. The van der Waals surface area contributed by atoms with Gasteiger partial charge in [0.15, 0.2) is 0 Å². The number of para-hydroxylation sites is 1. The molecule has 1 amide bonds. The fourth-order valence-corrected chi connectivity index (χ4v) is 4.06. The Bertz CT molecular complexity index is 1400. The Hall–Kier alpha value is -3.59. The van der Waals surface area contributed by atoms with Gasteiger partial charge in [0, 0.05) is 10.4 Å². The van der Waals surface area contributed by atoms with E-state index >= 15 is 0 Å². The van der Waals surface area contributed by atoms with E-state index in [1.54, 1.807) is 12.1 Å². The molecule has 146 valence electrons. The van der Waals surface area contributed by atoms with Gasteiger partial charge in [0.1, 0.15) is 10.7 Å². The molecule has 0 fully saturated rings. The van der Waals surface area contributed by atoms with Crippen LogP contribution in [0.4, 0.5) is 0 Å². The van der Waals surface area contributed by atoms with Crippen LogP contribution in [0, 0.1) is 13.8 Å². The number of thiophene rings is 1. The summed E-state index contributed by atoms with van der Waals surface area (Å²) in [6.07, 6.45) is 1.15. The molecule has 8 nitrogen and oxygen atoms in total. The molecule has 0 saturated carbocycles. The quantitative estimate of drug-likeness (QED) is 0.354.